The van der Waals surface area contributed by atoms with Crippen LogP contribution >= 0.6 is 11.6 Å². The lowest BCUT2D eigenvalue weighted by Gasteiger charge is -2.04. The van der Waals surface area contributed by atoms with Gasteiger partial charge in [0, 0.05) is 10.6 Å². The van der Waals surface area contributed by atoms with Crippen molar-refractivity contribution in [1.82, 2.24) is 15.0 Å². The molecule has 0 aliphatic rings. The average molecular weight is 300 g/mol. The fourth-order valence-electron chi connectivity index (χ4n) is 1.99. The molecule has 0 fully saturated rings. The Hall–Kier alpha value is -2.53. The molecule has 3 aromatic rings. The van der Waals surface area contributed by atoms with Gasteiger partial charge in [0.25, 0.3) is 5.56 Å². The Balaban J connectivity index is 1.95. The van der Waals surface area contributed by atoms with Crippen LogP contribution in [0.3, 0.4) is 0 Å². The molecule has 6 heteroatoms. The second kappa shape index (κ2) is 5.46. The van der Waals surface area contributed by atoms with E-state index in [9.17, 15) is 9.59 Å². The summed E-state index contributed by atoms with van der Waals surface area (Å²) in [6.07, 6.45) is 0. The highest BCUT2D eigenvalue weighted by molar-refractivity contribution is 6.30. The van der Waals surface area contributed by atoms with Crippen molar-refractivity contribution in [2.45, 2.75) is 6.54 Å². The zero-order valence-electron chi connectivity index (χ0n) is 10.9. The molecule has 0 aliphatic carbocycles. The van der Waals surface area contributed by atoms with Crippen LogP contribution in [0.15, 0.2) is 53.3 Å². The molecule has 5 nitrogen and oxygen atoms in total. The molecule has 21 heavy (non-hydrogen) atoms. The second-order valence-electron chi connectivity index (χ2n) is 4.50. The molecule has 0 spiro atoms. The van der Waals surface area contributed by atoms with Gasteiger partial charge >= 0.3 is 0 Å². The number of fused-ring (bicyclic) bond motifs is 1. The normalized spacial score (nSPS) is 10.7. The van der Waals surface area contributed by atoms with Crippen molar-refractivity contribution in [1.29, 1.82) is 0 Å². The molecule has 1 aromatic heterocycles. The molecule has 0 bridgehead atoms. The van der Waals surface area contributed by atoms with E-state index < -0.39 is 0 Å². The quantitative estimate of drug-likeness (QED) is 0.696. The van der Waals surface area contributed by atoms with Gasteiger partial charge < -0.3 is 0 Å². The van der Waals surface area contributed by atoms with Crippen molar-refractivity contribution in [2.75, 3.05) is 0 Å². The third-order valence-electron chi connectivity index (χ3n) is 3.09. The highest BCUT2D eigenvalue weighted by Crippen LogP contribution is 2.10. The molecular weight excluding hydrogens is 290 g/mol. The van der Waals surface area contributed by atoms with Gasteiger partial charge in [-0.2, -0.15) is 0 Å². The molecule has 1 heterocycles. The van der Waals surface area contributed by atoms with Crippen LogP contribution in [0, 0.1) is 0 Å². The maximum Gasteiger partial charge on any atom is 0.278 e. The van der Waals surface area contributed by atoms with E-state index in [1.165, 1.54) is 0 Å². The largest absolute Gasteiger partial charge is 0.292 e. The SMILES string of the molecule is O=C(Cn1nnc2ccccc2c1=O)c1ccc(Cl)cc1. The van der Waals surface area contributed by atoms with E-state index in [0.717, 1.165) is 4.68 Å². The summed E-state index contributed by atoms with van der Waals surface area (Å²) in [7, 11) is 0. The summed E-state index contributed by atoms with van der Waals surface area (Å²) in [4.78, 5) is 24.4. The van der Waals surface area contributed by atoms with E-state index in [1.807, 2.05) is 0 Å². The summed E-state index contributed by atoms with van der Waals surface area (Å²) in [5.74, 6) is -0.224. The molecule has 104 valence electrons. The molecule has 0 atom stereocenters. The number of ketones is 1. The number of benzene rings is 2. The first kappa shape index (κ1) is 13.5. The first-order valence-electron chi connectivity index (χ1n) is 6.26. The van der Waals surface area contributed by atoms with Crippen LogP contribution in [0.4, 0.5) is 0 Å². The minimum atomic E-state index is -0.331. The summed E-state index contributed by atoms with van der Waals surface area (Å²) >= 11 is 5.78. The van der Waals surface area contributed by atoms with E-state index in [1.54, 1.807) is 48.5 Å². The van der Waals surface area contributed by atoms with Gasteiger partial charge in [0.2, 0.25) is 0 Å². The highest BCUT2D eigenvalue weighted by atomic mass is 35.5. The standard InChI is InChI=1S/C15H10ClN3O2/c16-11-7-5-10(6-8-11)14(20)9-19-15(21)12-3-1-2-4-13(12)17-18-19/h1-8H,9H2. The van der Waals surface area contributed by atoms with E-state index in [4.69, 9.17) is 11.6 Å². The van der Waals surface area contributed by atoms with Gasteiger partial charge in [-0.15, -0.1) is 5.10 Å². The third kappa shape index (κ3) is 2.68. The fourth-order valence-corrected chi connectivity index (χ4v) is 2.12. The molecule has 0 saturated carbocycles. The Morgan fingerprint density at radius 2 is 1.81 bits per heavy atom. The Bertz CT molecular complexity index is 872. The Kier molecular flexibility index (Phi) is 3.50. The molecule has 0 aliphatic heterocycles. The van der Waals surface area contributed by atoms with E-state index in [-0.39, 0.29) is 17.9 Å². The number of carbonyl (C=O) groups excluding carboxylic acids is 1. The van der Waals surface area contributed by atoms with Crippen molar-refractivity contribution in [3.05, 3.63) is 69.5 Å². The van der Waals surface area contributed by atoms with Crippen LogP contribution in [-0.4, -0.2) is 20.8 Å². The Morgan fingerprint density at radius 1 is 1.10 bits per heavy atom. The van der Waals surface area contributed by atoms with Gasteiger partial charge in [0.1, 0.15) is 12.1 Å². The summed E-state index contributed by atoms with van der Waals surface area (Å²) in [6, 6.07) is 13.4. The molecule has 0 saturated heterocycles. The van der Waals surface area contributed by atoms with E-state index in [0.29, 0.717) is 21.5 Å². The van der Waals surface area contributed by atoms with Gasteiger partial charge in [-0.1, -0.05) is 28.9 Å². The van der Waals surface area contributed by atoms with Gasteiger partial charge in [-0.05, 0) is 36.4 Å². The van der Waals surface area contributed by atoms with Crippen molar-refractivity contribution in [3.63, 3.8) is 0 Å². The van der Waals surface area contributed by atoms with Crippen LogP contribution in [0.25, 0.3) is 10.9 Å². The van der Waals surface area contributed by atoms with Crippen molar-refractivity contribution in [3.8, 4) is 0 Å². The summed E-state index contributed by atoms with van der Waals surface area (Å²) in [6.45, 7) is -0.154. The monoisotopic (exact) mass is 299 g/mol. The molecular formula is C15H10ClN3O2. The number of hydrogen-bond acceptors (Lipinski definition) is 4. The van der Waals surface area contributed by atoms with Gasteiger partial charge in [0.05, 0.1) is 5.39 Å². The summed E-state index contributed by atoms with van der Waals surface area (Å²) in [5.41, 5.74) is 0.655. The smallest absolute Gasteiger partial charge is 0.278 e. The molecule has 3 rings (SSSR count). The lowest BCUT2D eigenvalue weighted by Crippen LogP contribution is -2.27. The highest BCUT2D eigenvalue weighted by Gasteiger charge is 2.11. The van der Waals surface area contributed by atoms with Gasteiger partial charge in [-0.3, -0.25) is 9.59 Å². The molecule has 0 N–H and O–H groups in total. The first-order valence-corrected chi connectivity index (χ1v) is 6.64. The predicted octanol–water partition coefficient (Wildman–Crippen LogP) is 2.33. The first-order chi connectivity index (χ1) is 10.1. The van der Waals surface area contributed by atoms with Crippen LogP contribution in [-0.2, 0) is 6.54 Å². The van der Waals surface area contributed by atoms with Gasteiger partial charge in [-0.25, -0.2) is 4.68 Å². The Labute approximate surface area is 124 Å². The zero-order valence-corrected chi connectivity index (χ0v) is 11.6. The van der Waals surface area contributed by atoms with Crippen LogP contribution in [0.1, 0.15) is 10.4 Å². The number of nitrogens with zero attached hydrogens (tertiary/aromatic N) is 3. The van der Waals surface area contributed by atoms with Crippen molar-refractivity contribution < 1.29 is 4.79 Å². The van der Waals surface area contributed by atoms with E-state index in [2.05, 4.69) is 10.3 Å². The number of hydrogen-bond donors (Lipinski definition) is 0. The Morgan fingerprint density at radius 3 is 2.57 bits per heavy atom. The molecule has 0 unspecified atom stereocenters. The second-order valence-corrected chi connectivity index (χ2v) is 4.94. The number of Topliss-reactive ketones (excluding diaryl/α,β-unsaturated/α-hetero) is 1. The van der Waals surface area contributed by atoms with Crippen LogP contribution in [0.5, 0.6) is 0 Å². The lowest BCUT2D eigenvalue weighted by molar-refractivity contribution is 0.0964. The maximum atomic E-state index is 12.2. The zero-order chi connectivity index (χ0) is 14.8. The minimum absolute atomic E-state index is 0.154. The van der Waals surface area contributed by atoms with Gasteiger partial charge in [0.15, 0.2) is 5.78 Å². The predicted molar refractivity (Wildman–Crippen MR) is 79.6 cm³/mol. The summed E-state index contributed by atoms with van der Waals surface area (Å²) < 4.78 is 1.07. The average Bonchev–Trinajstić information content (AvgIpc) is 2.51. The van der Waals surface area contributed by atoms with Crippen molar-refractivity contribution in [2.24, 2.45) is 0 Å². The third-order valence-corrected chi connectivity index (χ3v) is 3.34. The maximum absolute atomic E-state index is 12.2. The summed E-state index contributed by atoms with van der Waals surface area (Å²) in [5, 5.41) is 8.73. The van der Waals surface area contributed by atoms with E-state index >= 15 is 0 Å². The number of halogens is 1. The topological polar surface area (TPSA) is 64.8 Å². The van der Waals surface area contributed by atoms with Crippen molar-refractivity contribution >= 4 is 28.3 Å². The molecule has 0 radical (unpaired) electrons. The van der Waals surface area contributed by atoms with Crippen LogP contribution in [0.2, 0.25) is 5.02 Å². The number of aromatic nitrogens is 3. The molecule has 0 amide bonds. The van der Waals surface area contributed by atoms with Crippen LogP contribution < -0.4 is 5.56 Å². The lowest BCUT2D eigenvalue weighted by atomic mass is 10.1. The number of rotatable bonds is 3. The fraction of sp³-hybridized carbons (Fsp3) is 0.0667. The minimum Gasteiger partial charge on any atom is -0.292 e. The molecule has 2 aromatic carbocycles. The number of carbonyl (C=O) groups is 1.